The molecule has 0 atom stereocenters. The van der Waals surface area contributed by atoms with Gasteiger partial charge in [-0.2, -0.15) is 4.72 Å². The Kier molecular flexibility index (Phi) is 5.95. The van der Waals surface area contributed by atoms with Crippen molar-refractivity contribution in [1.29, 1.82) is 0 Å². The van der Waals surface area contributed by atoms with Gasteiger partial charge >= 0.3 is 5.97 Å². The van der Waals surface area contributed by atoms with Crippen LogP contribution in [0.15, 0.2) is 29.2 Å². The number of carbonyl (C=O) groups is 2. The van der Waals surface area contributed by atoms with Crippen molar-refractivity contribution in [3.05, 3.63) is 29.8 Å². The Balaban J connectivity index is 1.89. The van der Waals surface area contributed by atoms with Gasteiger partial charge in [-0.1, -0.05) is 5.92 Å². The molecule has 1 saturated heterocycles. The molecule has 0 saturated carbocycles. The molecule has 8 heteroatoms. The molecule has 1 aliphatic rings. The summed E-state index contributed by atoms with van der Waals surface area (Å²) < 4.78 is 31.1. The van der Waals surface area contributed by atoms with Crippen LogP contribution in [0.2, 0.25) is 0 Å². The van der Waals surface area contributed by atoms with Gasteiger partial charge in [-0.05, 0) is 30.7 Å². The largest absolute Gasteiger partial charge is 0.460 e. The lowest BCUT2D eigenvalue weighted by molar-refractivity contribution is -0.128. The van der Waals surface area contributed by atoms with E-state index in [0.29, 0.717) is 19.5 Å². The van der Waals surface area contributed by atoms with Gasteiger partial charge in [0, 0.05) is 13.0 Å². The number of rotatable bonds is 7. The Bertz CT molecular complexity index is 750. The molecule has 1 aliphatic heterocycles. The highest BCUT2D eigenvalue weighted by atomic mass is 32.2. The van der Waals surface area contributed by atoms with E-state index in [4.69, 9.17) is 11.2 Å². The third-order valence-corrected chi connectivity index (χ3v) is 4.95. The van der Waals surface area contributed by atoms with E-state index >= 15 is 0 Å². The molecule has 2 rings (SSSR count). The number of nitrogens with zero attached hydrogens (tertiary/aromatic N) is 1. The van der Waals surface area contributed by atoms with E-state index in [1.807, 2.05) is 0 Å². The lowest BCUT2D eigenvalue weighted by atomic mass is 10.2. The third-order valence-electron chi connectivity index (χ3n) is 3.53. The quantitative estimate of drug-likeness (QED) is 0.567. The van der Waals surface area contributed by atoms with Crippen LogP contribution in [-0.2, 0) is 19.6 Å². The van der Waals surface area contributed by atoms with E-state index < -0.39 is 16.0 Å². The molecule has 1 aromatic rings. The normalized spacial score (nSPS) is 14.5. The van der Waals surface area contributed by atoms with Gasteiger partial charge in [-0.3, -0.25) is 4.79 Å². The van der Waals surface area contributed by atoms with Crippen LogP contribution in [0.25, 0.3) is 0 Å². The first-order valence-corrected chi connectivity index (χ1v) is 8.90. The highest BCUT2D eigenvalue weighted by molar-refractivity contribution is 7.89. The van der Waals surface area contributed by atoms with Crippen molar-refractivity contribution in [2.75, 3.05) is 26.2 Å². The predicted molar refractivity (Wildman–Crippen MR) is 86.6 cm³/mol. The van der Waals surface area contributed by atoms with E-state index in [1.165, 1.54) is 24.3 Å². The minimum absolute atomic E-state index is 0.0111. The fraction of sp³-hybridized carbons (Fsp3) is 0.375. The smallest absolute Gasteiger partial charge is 0.338 e. The van der Waals surface area contributed by atoms with Gasteiger partial charge in [-0.15, -0.1) is 6.42 Å². The number of benzene rings is 1. The van der Waals surface area contributed by atoms with Crippen LogP contribution < -0.4 is 4.72 Å². The molecule has 0 spiro atoms. The summed E-state index contributed by atoms with van der Waals surface area (Å²) in [5.41, 5.74) is 0.235. The first-order valence-electron chi connectivity index (χ1n) is 7.42. The molecule has 1 heterocycles. The molecule has 0 bridgehead atoms. The van der Waals surface area contributed by atoms with Crippen LogP contribution in [0.5, 0.6) is 0 Å². The topological polar surface area (TPSA) is 92.8 Å². The van der Waals surface area contributed by atoms with Crippen molar-refractivity contribution >= 4 is 21.9 Å². The van der Waals surface area contributed by atoms with Crippen molar-refractivity contribution in [3.8, 4) is 12.3 Å². The second-order valence-electron chi connectivity index (χ2n) is 5.17. The maximum atomic E-state index is 11.9. The van der Waals surface area contributed by atoms with Gasteiger partial charge in [0.2, 0.25) is 15.9 Å². The van der Waals surface area contributed by atoms with Gasteiger partial charge < -0.3 is 9.64 Å². The Morgan fingerprint density at radius 1 is 1.33 bits per heavy atom. The number of ether oxygens (including phenoxy) is 1. The number of likely N-dealkylation sites (tertiary alicyclic amines) is 1. The first-order chi connectivity index (χ1) is 11.4. The molecule has 0 aromatic heterocycles. The maximum Gasteiger partial charge on any atom is 0.338 e. The van der Waals surface area contributed by atoms with Crippen LogP contribution in [0.4, 0.5) is 0 Å². The van der Waals surface area contributed by atoms with Crippen molar-refractivity contribution in [2.24, 2.45) is 0 Å². The molecule has 7 nitrogen and oxygen atoms in total. The zero-order valence-corrected chi connectivity index (χ0v) is 13.8. The van der Waals surface area contributed by atoms with E-state index in [-0.39, 0.29) is 29.5 Å². The summed E-state index contributed by atoms with van der Waals surface area (Å²) in [6, 6.07) is 5.35. The monoisotopic (exact) mass is 350 g/mol. The average molecular weight is 350 g/mol. The Hall–Kier alpha value is -2.37. The number of nitrogens with one attached hydrogen (secondary N) is 1. The van der Waals surface area contributed by atoms with Gasteiger partial charge in [0.05, 0.1) is 23.5 Å². The molecule has 0 aliphatic carbocycles. The highest BCUT2D eigenvalue weighted by Gasteiger charge is 2.20. The zero-order chi connectivity index (χ0) is 17.6. The Labute approximate surface area is 141 Å². The van der Waals surface area contributed by atoms with E-state index in [2.05, 4.69) is 10.6 Å². The molecule has 24 heavy (non-hydrogen) atoms. The number of terminal acetylenes is 1. The molecule has 1 fully saturated rings. The summed E-state index contributed by atoms with van der Waals surface area (Å²) in [6.07, 6.45) is 6.38. The first kappa shape index (κ1) is 18.0. The molecule has 1 aromatic carbocycles. The molecular weight excluding hydrogens is 332 g/mol. The third kappa shape index (κ3) is 4.57. The van der Waals surface area contributed by atoms with E-state index in [9.17, 15) is 18.0 Å². The maximum absolute atomic E-state index is 11.9. The molecule has 1 amide bonds. The van der Waals surface area contributed by atoms with Crippen LogP contribution in [0.1, 0.15) is 23.2 Å². The number of sulfonamides is 1. The van der Waals surface area contributed by atoms with Gasteiger partial charge in [-0.25, -0.2) is 13.2 Å². The summed E-state index contributed by atoms with van der Waals surface area (Å²) in [5, 5.41) is 0. The highest BCUT2D eigenvalue weighted by Crippen LogP contribution is 2.12. The van der Waals surface area contributed by atoms with Crippen molar-refractivity contribution in [2.45, 2.75) is 17.7 Å². The second kappa shape index (κ2) is 7.95. The van der Waals surface area contributed by atoms with Crippen molar-refractivity contribution in [1.82, 2.24) is 9.62 Å². The standard InChI is InChI=1S/C16H18N2O5S/c1-2-9-17-24(21,22)14-7-5-13(6-8-14)16(20)23-12-11-18-10-3-4-15(18)19/h1,5-8,17H,3-4,9-12H2. The van der Waals surface area contributed by atoms with Crippen LogP contribution in [-0.4, -0.2) is 51.4 Å². The average Bonchev–Trinajstić information content (AvgIpc) is 2.98. The Morgan fingerprint density at radius 3 is 2.62 bits per heavy atom. The molecule has 1 N–H and O–H groups in total. The van der Waals surface area contributed by atoms with Crippen LogP contribution in [0.3, 0.4) is 0 Å². The SMILES string of the molecule is C#CCNS(=O)(=O)c1ccc(C(=O)OCCN2CCCC2=O)cc1. The summed E-state index contributed by atoms with van der Waals surface area (Å²) in [6.45, 7) is 1.05. The van der Waals surface area contributed by atoms with Crippen molar-refractivity contribution < 1.29 is 22.7 Å². The number of hydrogen-bond donors (Lipinski definition) is 1. The molecule has 0 radical (unpaired) electrons. The van der Waals surface area contributed by atoms with Crippen molar-refractivity contribution in [3.63, 3.8) is 0 Å². The molecule has 128 valence electrons. The van der Waals surface area contributed by atoms with E-state index in [0.717, 1.165) is 6.42 Å². The van der Waals surface area contributed by atoms with Gasteiger partial charge in [0.1, 0.15) is 6.61 Å². The van der Waals surface area contributed by atoms with Crippen LogP contribution in [0, 0.1) is 12.3 Å². The lowest BCUT2D eigenvalue weighted by Gasteiger charge is -2.15. The van der Waals surface area contributed by atoms with Crippen LogP contribution >= 0.6 is 0 Å². The summed E-state index contributed by atoms with van der Waals surface area (Å²) in [4.78, 5) is 25.0. The number of hydrogen-bond acceptors (Lipinski definition) is 5. The minimum atomic E-state index is -3.69. The summed E-state index contributed by atoms with van der Waals surface area (Å²) in [5.74, 6) is 1.68. The molecular formula is C16H18N2O5S. The Morgan fingerprint density at radius 2 is 2.04 bits per heavy atom. The van der Waals surface area contributed by atoms with Gasteiger partial charge in [0.15, 0.2) is 0 Å². The summed E-state index contributed by atoms with van der Waals surface area (Å²) in [7, 11) is -3.69. The minimum Gasteiger partial charge on any atom is -0.460 e. The van der Waals surface area contributed by atoms with Gasteiger partial charge in [0.25, 0.3) is 0 Å². The lowest BCUT2D eigenvalue weighted by Crippen LogP contribution is -2.29. The predicted octanol–water partition coefficient (Wildman–Crippen LogP) is 0.377. The summed E-state index contributed by atoms with van der Waals surface area (Å²) >= 11 is 0. The number of esters is 1. The second-order valence-corrected chi connectivity index (χ2v) is 6.94. The molecule has 0 unspecified atom stereocenters. The number of amides is 1. The van der Waals surface area contributed by atoms with E-state index in [1.54, 1.807) is 4.90 Å². The number of carbonyl (C=O) groups excluding carboxylic acids is 2. The fourth-order valence-electron chi connectivity index (χ4n) is 2.26. The zero-order valence-electron chi connectivity index (χ0n) is 13.0. The fourth-order valence-corrected chi connectivity index (χ4v) is 3.20.